The van der Waals surface area contributed by atoms with Crippen LogP contribution in [0.5, 0.6) is 0 Å². The highest BCUT2D eigenvalue weighted by Gasteiger charge is 2.17. The summed E-state index contributed by atoms with van der Waals surface area (Å²) in [5.74, 6) is 0.310. The van der Waals surface area contributed by atoms with Gasteiger partial charge in [0.25, 0.3) is 10.0 Å². The highest BCUT2D eigenvalue weighted by molar-refractivity contribution is 9.10. The lowest BCUT2D eigenvalue weighted by Gasteiger charge is -2.12. The fourth-order valence-corrected chi connectivity index (χ4v) is 3.38. The highest BCUT2D eigenvalue weighted by atomic mass is 79.9. The maximum atomic E-state index is 12.4. The van der Waals surface area contributed by atoms with Gasteiger partial charge in [-0.3, -0.25) is 4.72 Å². The van der Waals surface area contributed by atoms with Gasteiger partial charge >= 0.3 is 0 Å². The summed E-state index contributed by atoms with van der Waals surface area (Å²) >= 11 is 3.29. The third-order valence-corrected chi connectivity index (χ3v) is 4.74. The molecule has 0 fully saturated rings. The van der Waals surface area contributed by atoms with Gasteiger partial charge in [-0.25, -0.2) is 13.4 Å². The zero-order chi connectivity index (χ0) is 15.6. The van der Waals surface area contributed by atoms with Crippen molar-refractivity contribution in [2.24, 2.45) is 5.73 Å². The lowest BCUT2D eigenvalue weighted by Crippen LogP contribution is -2.15. The molecule has 7 heteroatoms. The molecule has 3 N–H and O–H groups in total. The van der Waals surface area contributed by atoms with E-state index in [4.69, 9.17) is 5.73 Å². The normalized spacial score (nSPS) is 13.0. The zero-order valence-electron chi connectivity index (χ0n) is 11.7. The molecule has 0 saturated heterocycles. The molecular formula is C14H16BrN3O2S. The van der Waals surface area contributed by atoms with Gasteiger partial charge in [-0.15, -0.1) is 0 Å². The third kappa shape index (κ3) is 3.81. The molecule has 1 atom stereocenters. The predicted molar refractivity (Wildman–Crippen MR) is 86.5 cm³/mol. The van der Waals surface area contributed by atoms with Gasteiger partial charge in [-0.2, -0.15) is 0 Å². The van der Waals surface area contributed by atoms with Crippen molar-refractivity contribution in [3.05, 3.63) is 52.1 Å². The molecule has 21 heavy (non-hydrogen) atoms. The van der Waals surface area contributed by atoms with E-state index in [-0.39, 0.29) is 10.9 Å². The number of sulfonamides is 1. The van der Waals surface area contributed by atoms with E-state index in [1.807, 2.05) is 0 Å². The predicted octanol–water partition coefficient (Wildman–Crippen LogP) is 2.97. The van der Waals surface area contributed by atoms with E-state index in [1.165, 1.54) is 6.07 Å². The third-order valence-electron chi connectivity index (χ3n) is 2.97. The first-order chi connectivity index (χ1) is 9.79. The summed E-state index contributed by atoms with van der Waals surface area (Å²) in [6.45, 7) is 3.59. The van der Waals surface area contributed by atoms with Crippen LogP contribution < -0.4 is 10.5 Å². The second-order valence-electron chi connectivity index (χ2n) is 4.79. The number of hydrogen-bond donors (Lipinski definition) is 2. The van der Waals surface area contributed by atoms with Crippen molar-refractivity contribution in [1.29, 1.82) is 0 Å². The van der Waals surface area contributed by atoms with Crippen molar-refractivity contribution < 1.29 is 8.42 Å². The number of anilines is 1. The Morgan fingerprint density at radius 2 is 2.05 bits per heavy atom. The SMILES string of the molecule is Cc1cc(Br)cnc1NS(=O)(=O)c1cccc(C(C)N)c1. The number of aryl methyl sites for hydroxylation is 1. The number of hydrogen-bond acceptors (Lipinski definition) is 4. The molecule has 1 heterocycles. The Hall–Kier alpha value is -1.44. The van der Waals surface area contributed by atoms with Gasteiger partial charge in [0.2, 0.25) is 0 Å². The van der Waals surface area contributed by atoms with Crippen LogP contribution in [0, 0.1) is 6.92 Å². The van der Waals surface area contributed by atoms with Gasteiger partial charge in [-0.05, 0) is 59.1 Å². The summed E-state index contributed by atoms with van der Waals surface area (Å²) in [6, 6.07) is 8.14. The fourth-order valence-electron chi connectivity index (χ4n) is 1.80. The summed E-state index contributed by atoms with van der Waals surface area (Å²) in [6.07, 6.45) is 1.54. The van der Waals surface area contributed by atoms with Crippen LogP contribution in [-0.2, 0) is 10.0 Å². The van der Waals surface area contributed by atoms with Gasteiger partial charge in [-0.1, -0.05) is 12.1 Å². The fraction of sp³-hybridized carbons (Fsp3) is 0.214. The molecule has 0 amide bonds. The minimum absolute atomic E-state index is 0.168. The highest BCUT2D eigenvalue weighted by Crippen LogP contribution is 2.22. The number of halogens is 1. The lowest BCUT2D eigenvalue weighted by atomic mass is 10.1. The van der Waals surface area contributed by atoms with Crippen LogP contribution in [0.4, 0.5) is 5.82 Å². The molecule has 0 radical (unpaired) electrons. The second-order valence-corrected chi connectivity index (χ2v) is 7.38. The number of benzene rings is 1. The Balaban J connectivity index is 2.36. The Kier molecular flexibility index (Phi) is 4.65. The van der Waals surface area contributed by atoms with Crippen LogP contribution in [0.3, 0.4) is 0 Å². The van der Waals surface area contributed by atoms with Gasteiger partial charge in [0.05, 0.1) is 4.90 Å². The first kappa shape index (κ1) is 15.9. The molecule has 2 aromatic rings. The summed E-state index contributed by atoms with van der Waals surface area (Å²) in [5.41, 5.74) is 7.28. The second kappa shape index (κ2) is 6.13. The quantitative estimate of drug-likeness (QED) is 0.867. The molecule has 0 aliphatic rings. The van der Waals surface area contributed by atoms with Crippen LogP contribution in [0.25, 0.3) is 0 Å². The number of nitrogens with zero attached hydrogens (tertiary/aromatic N) is 1. The van der Waals surface area contributed by atoms with Gasteiger partial charge in [0.1, 0.15) is 5.82 Å². The molecule has 1 unspecified atom stereocenters. The standard InChI is InChI=1S/C14H16BrN3O2S/c1-9-6-12(15)8-17-14(9)18-21(19,20)13-5-3-4-11(7-13)10(2)16/h3-8,10H,16H2,1-2H3,(H,17,18). The lowest BCUT2D eigenvalue weighted by molar-refractivity contribution is 0.600. The molecule has 0 saturated carbocycles. The number of aromatic nitrogens is 1. The van der Waals surface area contributed by atoms with E-state index < -0.39 is 10.0 Å². The zero-order valence-corrected chi connectivity index (χ0v) is 14.1. The smallest absolute Gasteiger partial charge is 0.263 e. The average Bonchev–Trinajstić information content (AvgIpc) is 2.42. The summed E-state index contributed by atoms with van der Waals surface area (Å²) < 4.78 is 28.1. The minimum atomic E-state index is -3.69. The average molecular weight is 370 g/mol. The van der Waals surface area contributed by atoms with Crippen molar-refractivity contribution >= 4 is 31.8 Å². The molecule has 1 aromatic heterocycles. The van der Waals surface area contributed by atoms with Crippen LogP contribution in [-0.4, -0.2) is 13.4 Å². The number of pyridine rings is 1. The molecular weight excluding hydrogens is 354 g/mol. The van der Waals surface area contributed by atoms with E-state index in [1.54, 1.807) is 44.3 Å². The van der Waals surface area contributed by atoms with Gasteiger partial charge < -0.3 is 5.73 Å². The van der Waals surface area contributed by atoms with Crippen LogP contribution in [0.15, 0.2) is 45.9 Å². The number of nitrogens with two attached hydrogens (primary N) is 1. The molecule has 5 nitrogen and oxygen atoms in total. The van der Waals surface area contributed by atoms with Gasteiger partial charge in [0.15, 0.2) is 0 Å². The summed E-state index contributed by atoms with van der Waals surface area (Å²) in [5, 5.41) is 0. The Bertz CT molecular complexity index is 761. The van der Waals surface area contributed by atoms with Gasteiger partial charge in [0, 0.05) is 16.7 Å². The Morgan fingerprint density at radius 1 is 1.33 bits per heavy atom. The summed E-state index contributed by atoms with van der Waals surface area (Å²) in [7, 11) is -3.69. The van der Waals surface area contributed by atoms with Crippen molar-refractivity contribution in [2.45, 2.75) is 24.8 Å². The maximum Gasteiger partial charge on any atom is 0.263 e. The topological polar surface area (TPSA) is 85.1 Å². The largest absolute Gasteiger partial charge is 0.324 e. The molecule has 0 aliphatic heterocycles. The molecule has 0 aliphatic carbocycles. The first-order valence-electron chi connectivity index (χ1n) is 6.30. The number of rotatable bonds is 4. The van der Waals surface area contributed by atoms with Crippen molar-refractivity contribution in [2.75, 3.05) is 4.72 Å². The minimum Gasteiger partial charge on any atom is -0.324 e. The molecule has 0 spiro atoms. The number of nitrogens with one attached hydrogen (secondary N) is 1. The van der Waals surface area contributed by atoms with Crippen LogP contribution in [0.1, 0.15) is 24.1 Å². The van der Waals surface area contributed by atoms with Crippen LogP contribution in [0.2, 0.25) is 0 Å². The van der Waals surface area contributed by atoms with Crippen LogP contribution >= 0.6 is 15.9 Å². The first-order valence-corrected chi connectivity index (χ1v) is 8.58. The van der Waals surface area contributed by atoms with E-state index >= 15 is 0 Å². The van der Waals surface area contributed by atoms with E-state index in [2.05, 4.69) is 25.6 Å². The molecule has 2 rings (SSSR count). The molecule has 0 bridgehead atoms. The van der Waals surface area contributed by atoms with E-state index in [9.17, 15) is 8.42 Å². The van der Waals surface area contributed by atoms with Crippen molar-refractivity contribution in [1.82, 2.24) is 4.98 Å². The molecule has 1 aromatic carbocycles. The maximum absolute atomic E-state index is 12.4. The Labute approximate surface area is 132 Å². The van der Waals surface area contributed by atoms with E-state index in [0.717, 1.165) is 15.6 Å². The molecule has 112 valence electrons. The monoisotopic (exact) mass is 369 g/mol. The van der Waals surface area contributed by atoms with Crippen molar-refractivity contribution in [3.63, 3.8) is 0 Å². The Morgan fingerprint density at radius 3 is 2.67 bits per heavy atom. The summed E-state index contributed by atoms with van der Waals surface area (Å²) in [4.78, 5) is 4.25. The van der Waals surface area contributed by atoms with Crippen molar-refractivity contribution in [3.8, 4) is 0 Å². The van der Waals surface area contributed by atoms with E-state index in [0.29, 0.717) is 5.82 Å².